The molecule has 0 radical (unpaired) electrons. The lowest BCUT2D eigenvalue weighted by molar-refractivity contribution is -0.191. The third kappa shape index (κ3) is 4.52. The Kier molecular flexibility index (Phi) is 6.15. The molecule has 31 heavy (non-hydrogen) atoms. The van der Waals surface area contributed by atoms with Crippen molar-refractivity contribution in [2.24, 2.45) is 0 Å². The Morgan fingerprint density at radius 1 is 1.23 bits per heavy atom. The van der Waals surface area contributed by atoms with Gasteiger partial charge < -0.3 is 24.8 Å². The highest BCUT2D eigenvalue weighted by atomic mass is 16.7. The van der Waals surface area contributed by atoms with Gasteiger partial charge in [0.15, 0.2) is 5.79 Å². The molecule has 1 aromatic carbocycles. The topological polar surface area (TPSA) is 108 Å². The van der Waals surface area contributed by atoms with Crippen LogP contribution in [0.2, 0.25) is 0 Å². The lowest BCUT2D eigenvalue weighted by Gasteiger charge is -2.44. The highest BCUT2D eigenvalue weighted by Crippen LogP contribution is 2.39. The predicted octanol–water partition coefficient (Wildman–Crippen LogP) is 1.57. The molecule has 2 N–H and O–H groups in total. The van der Waals surface area contributed by atoms with Gasteiger partial charge in [-0.3, -0.25) is 14.5 Å². The Morgan fingerprint density at radius 2 is 1.94 bits per heavy atom. The number of carbonyl (C=O) groups is 3. The first-order chi connectivity index (χ1) is 14.9. The van der Waals surface area contributed by atoms with E-state index in [1.165, 1.54) is 11.8 Å². The molecule has 3 amide bonds. The van der Waals surface area contributed by atoms with E-state index in [9.17, 15) is 19.5 Å². The van der Waals surface area contributed by atoms with Gasteiger partial charge in [0.25, 0.3) is 0 Å². The molecule has 2 saturated heterocycles. The average molecular weight is 431 g/mol. The van der Waals surface area contributed by atoms with Gasteiger partial charge in [-0.15, -0.1) is 0 Å². The molecule has 1 aromatic rings. The number of likely N-dealkylation sites (tertiary alicyclic amines) is 1. The number of carbonyl (C=O) groups excluding carboxylic acids is 2. The van der Waals surface area contributed by atoms with Gasteiger partial charge in [-0.25, -0.2) is 4.79 Å². The molecule has 2 aliphatic heterocycles. The fraction of sp³-hybridized carbons (Fsp3) is 0.591. The fourth-order valence-electron chi connectivity index (χ4n) is 5.08. The first kappa shape index (κ1) is 21.6. The standard InChI is InChI=1S/C22H29N3O6/c1-15(26)23-17-13-22(30-11-12-31-22)9-7-18(17)24-10-8-19(20(24)27)25(21(28)29)14-16-5-3-2-4-6-16/h2-6,17-19H,7-14H2,1H3,(H,23,26)(H,28,29)/t17-,18+,19+/m1/s1. The summed E-state index contributed by atoms with van der Waals surface area (Å²) in [6.45, 7) is 3.11. The number of benzene rings is 1. The molecule has 2 heterocycles. The van der Waals surface area contributed by atoms with Gasteiger partial charge in [0, 0.05) is 32.9 Å². The molecule has 1 spiro atoms. The zero-order valence-corrected chi connectivity index (χ0v) is 17.7. The second-order valence-corrected chi connectivity index (χ2v) is 8.46. The number of ether oxygens (including phenoxy) is 2. The van der Waals surface area contributed by atoms with Gasteiger partial charge in [-0.2, -0.15) is 0 Å². The fourth-order valence-corrected chi connectivity index (χ4v) is 5.08. The van der Waals surface area contributed by atoms with Gasteiger partial charge in [0.05, 0.1) is 25.3 Å². The minimum atomic E-state index is -1.11. The summed E-state index contributed by atoms with van der Waals surface area (Å²) in [5, 5.41) is 12.7. The van der Waals surface area contributed by atoms with Crippen LogP contribution in [0, 0.1) is 0 Å². The van der Waals surface area contributed by atoms with E-state index in [4.69, 9.17) is 9.47 Å². The summed E-state index contributed by atoms with van der Waals surface area (Å²) >= 11 is 0. The largest absolute Gasteiger partial charge is 0.465 e. The smallest absolute Gasteiger partial charge is 0.408 e. The normalized spacial score (nSPS) is 27.5. The number of rotatable bonds is 5. The van der Waals surface area contributed by atoms with Gasteiger partial charge >= 0.3 is 6.09 Å². The molecule has 3 fully saturated rings. The summed E-state index contributed by atoms with van der Waals surface area (Å²) in [6, 6.07) is 8.01. The number of nitrogens with zero attached hydrogens (tertiary/aromatic N) is 2. The number of nitrogens with one attached hydrogen (secondary N) is 1. The molecular formula is C22H29N3O6. The minimum Gasteiger partial charge on any atom is -0.465 e. The van der Waals surface area contributed by atoms with Gasteiger partial charge in [-0.1, -0.05) is 30.3 Å². The van der Waals surface area contributed by atoms with E-state index in [2.05, 4.69) is 5.32 Å². The Morgan fingerprint density at radius 3 is 2.58 bits per heavy atom. The first-order valence-corrected chi connectivity index (χ1v) is 10.8. The maximum atomic E-state index is 13.3. The first-order valence-electron chi connectivity index (χ1n) is 10.8. The van der Waals surface area contributed by atoms with Crippen molar-refractivity contribution in [3.8, 4) is 0 Å². The second-order valence-electron chi connectivity index (χ2n) is 8.46. The van der Waals surface area contributed by atoms with E-state index in [-0.39, 0.29) is 30.4 Å². The van der Waals surface area contributed by atoms with Gasteiger partial charge in [0.1, 0.15) is 6.04 Å². The molecule has 9 nitrogen and oxygen atoms in total. The van der Waals surface area contributed by atoms with Crippen LogP contribution in [0.1, 0.15) is 38.2 Å². The molecule has 3 atom stereocenters. The van der Waals surface area contributed by atoms with Gasteiger partial charge in [0.2, 0.25) is 11.8 Å². The van der Waals surface area contributed by atoms with Crippen LogP contribution in [-0.4, -0.2) is 76.5 Å². The molecule has 0 aromatic heterocycles. The number of carboxylic acid groups (broad SMARTS) is 1. The van der Waals surface area contributed by atoms with Crippen LogP contribution in [-0.2, 0) is 25.6 Å². The Balaban J connectivity index is 1.49. The van der Waals surface area contributed by atoms with Crippen LogP contribution in [0.3, 0.4) is 0 Å². The van der Waals surface area contributed by atoms with E-state index in [1.54, 1.807) is 4.90 Å². The lowest BCUT2D eigenvalue weighted by Crippen LogP contribution is -2.59. The highest BCUT2D eigenvalue weighted by Gasteiger charge is 2.50. The predicted molar refractivity (Wildman–Crippen MR) is 110 cm³/mol. The molecule has 3 aliphatic rings. The van der Waals surface area contributed by atoms with Crippen LogP contribution >= 0.6 is 0 Å². The third-order valence-electron chi connectivity index (χ3n) is 6.45. The quantitative estimate of drug-likeness (QED) is 0.733. The summed E-state index contributed by atoms with van der Waals surface area (Å²) in [5.74, 6) is -1.08. The van der Waals surface area contributed by atoms with Crippen LogP contribution in [0.25, 0.3) is 0 Å². The zero-order chi connectivity index (χ0) is 22.0. The molecule has 168 valence electrons. The number of hydrogen-bond donors (Lipinski definition) is 2. The summed E-state index contributed by atoms with van der Waals surface area (Å²) < 4.78 is 11.7. The van der Waals surface area contributed by atoms with E-state index in [0.29, 0.717) is 45.4 Å². The van der Waals surface area contributed by atoms with Crippen molar-refractivity contribution in [3.63, 3.8) is 0 Å². The van der Waals surface area contributed by atoms with Crippen molar-refractivity contribution >= 4 is 17.9 Å². The summed E-state index contributed by atoms with van der Waals surface area (Å²) in [4.78, 5) is 40.1. The van der Waals surface area contributed by atoms with E-state index >= 15 is 0 Å². The number of hydrogen-bond acceptors (Lipinski definition) is 5. The van der Waals surface area contributed by atoms with Crippen molar-refractivity contribution in [1.82, 2.24) is 15.1 Å². The molecule has 0 bridgehead atoms. The maximum absolute atomic E-state index is 13.3. The van der Waals surface area contributed by atoms with Crippen LogP contribution in [0.5, 0.6) is 0 Å². The summed E-state index contributed by atoms with van der Waals surface area (Å²) in [7, 11) is 0. The monoisotopic (exact) mass is 431 g/mol. The van der Waals surface area contributed by atoms with Crippen molar-refractivity contribution in [3.05, 3.63) is 35.9 Å². The maximum Gasteiger partial charge on any atom is 0.408 e. The Bertz CT molecular complexity index is 826. The second kappa shape index (κ2) is 8.84. The molecule has 1 saturated carbocycles. The molecule has 9 heteroatoms. The SMILES string of the molecule is CC(=O)N[C@@H]1CC2(CC[C@@H]1N1CC[C@H](N(Cc3ccccc3)C(=O)O)C1=O)OCCO2. The minimum absolute atomic E-state index is 0.158. The third-order valence-corrected chi connectivity index (χ3v) is 6.45. The van der Waals surface area contributed by atoms with E-state index < -0.39 is 17.9 Å². The summed E-state index contributed by atoms with van der Waals surface area (Å²) in [6.07, 6.45) is 1.04. The van der Waals surface area contributed by atoms with Crippen molar-refractivity contribution < 1.29 is 29.0 Å². The Hall–Kier alpha value is -2.65. The zero-order valence-electron chi connectivity index (χ0n) is 17.7. The highest BCUT2D eigenvalue weighted by molar-refractivity contribution is 5.87. The number of amides is 3. The van der Waals surface area contributed by atoms with Crippen LogP contribution in [0.4, 0.5) is 4.79 Å². The molecular weight excluding hydrogens is 402 g/mol. The van der Waals surface area contributed by atoms with Crippen molar-refractivity contribution in [2.45, 2.75) is 63.1 Å². The Labute approximate surface area is 181 Å². The van der Waals surface area contributed by atoms with Crippen molar-refractivity contribution in [2.75, 3.05) is 19.8 Å². The van der Waals surface area contributed by atoms with Crippen LogP contribution in [0.15, 0.2) is 30.3 Å². The lowest BCUT2D eigenvalue weighted by atomic mass is 9.84. The molecule has 0 unspecified atom stereocenters. The molecule has 4 rings (SSSR count). The van der Waals surface area contributed by atoms with E-state index in [1.807, 2.05) is 30.3 Å². The van der Waals surface area contributed by atoms with Gasteiger partial charge in [-0.05, 0) is 18.4 Å². The molecule has 1 aliphatic carbocycles. The van der Waals surface area contributed by atoms with Crippen LogP contribution < -0.4 is 5.32 Å². The van der Waals surface area contributed by atoms with Crippen molar-refractivity contribution in [1.29, 1.82) is 0 Å². The van der Waals surface area contributed by atoms with E-state index in [0.717, 1.165) is 5.56 Å². The average Bonchev–Trinajstić information content (AvgIpc) is 3.34. The summed E-state index contributed by atoms with van der Waals surface area (Å²) in [5.41, 5.74) is 0.836.